The molecule has 1 rings (SSSR count). The summed E-state index contributed by atoms with van der Waals surface area (Å²) in [5.74, 6) is -0.0841. The molecule has 0 unspecified atom stereocenters. The molecule has 118 valence electrons. The van der Waals surface area contributed by atoms with E-state index in [-0.39, 0.29) is 12.6 Å². The number of hydrogen-bond acceptors (Lipinski definition) is 5. The van der Waals surface area contributed by atoms with Gasteiger partial charge in [0, 0.05) is 18.2 Å². The van der Waals surface area contributed by atoms with E-state index in [0.717, 1.165) is 12.0 Å². The zero-order valence-corrected chi connectivity index (χ0v) is 12.5. The first-order valence-electron chi connectivity index (χ1n) is 7.05. The van der Waals surface area contributed by atoms with Crippen molar-refractivity contribution in [3.63, 3.8) is 0 Å². The zero-order valence-electron chi connectivity index (χ0n) is 12.5. The van der Waals surface area contributed by atoms with Crippen molar-refractivity contribution < 1.29 is 24.5 Å². The Morgan fingerprint density at radius 2 is 2.10 bits per heavy atom. The van der Waals surface area contributed by atoms with Gasteiger partial charge >= 0.3 is 5.97 Å². The van der Waals surface area contributed by atoms with Crippen LogP contribution in [0.1, 0.15) is 25.8 Å². The van der Waals surface area contributed by atoms with E-state index in [4.69, 9.17) is 14.6 Å². The van der Waals surface area contributed by atoms with Gasteiger partial charge in [-0.1, -0.05) is 19.1 Å². The van der Waals surface area contributed by atoms with Crippen LogP contribution in [-0.4, -0.2) is 42.0 Å². The predicted octanol–water partition coefficient (Wildman–Crippen LogP) is 1.41. The summed E-state index contributed by atoms with van der Waals surface area (Å²) in [6, 6.07) is 5.41. The molecule has 0 saturated carbocycles. The second-order valence-electron chi connectivity index (χ2n) is 4.53. The van der Waals surface area contributed by atoms with Crippen molar-refractivity contribution in [2.24, 2.45) is 0 Å². The molecule has 6 nitrogen and oxygen atoms in total. The monoisotopic (exact) mass is 297 g/mol. The topological polar surface area (TPSA) is 88.0 Å². The van der Waals surface area contributed by atoms with Gasteiger partial charge in [0.25, 0.3) is 0 Å². The predicted molar refractivity (Wildman–Crippen MR) is 78.7 cm³/mol. The molecule has 0 spiro atoms. The van der Waals surface area contributed by atoms with E-state index in [1.54, 1.807) is 6.07 Å². The van der Waals surface area contributed by atoms with E-state index >= 15 is 0 Å². The van der Waals surface area contributed by atoms with Crippen LogP contribution in [0.3, 0.4) is 0 Å². The van der Waals surface area contributed by atoms with Gasteiger partial charge in [-0.25, -0.2) is 4.79 Å². The molecule has 0 aliphatic rings. The zero-order chi connectivity index (χ0) is 15.7. The van der Waals surface area contributed by atoms with Crippen molar-refractivity contribution in [3.8, 4) is 11.5 Å². The highest BCUT2D eigenvalue weighted by Crippen LogP contribution is 2.31. The number of hydrogen-bond donors (Lipinski definition) is 3. The van der Waals surface area contributed by atoms with E-state index in [9.17, 15) is 9.90 Å². The van der Waals surface area contributed by atoms with Gasteiger partial charge in [0.2, 0.25) is 0 Å². The first-order chi connectivity index (χ1) is 10.1. The van der Waals surface area contributed by atoms with E-state index in [2.05, 4.69) is 5.32 Å². The molecule has 0 aliphatic heterocycles. The van der Waals surface area contributed by atoms with Gasteiger partial charge in [0.1, 0.15) is 0 Å². The van der Waals surface area contributed by atoms with Gasteiger partial charge in [-0.3, -0.25) is 0 Å². The van der Waals surface area contributed by atoms with Crippen molar-refractivity contribution in [3.05, 3.63) is 23.8 Å². The van der Waals surface area contributed by atoms with E-state index < -0.39 is 12.6 Å². The molecule has 0 aromatic heterocycles. The second-order valence-corrected chi connectivity index (χ2v) is 4.53. The number of carboxylic acid groups (broad SMARTS) is 1. The Kier molecular flexibility index (Phi) is 7.56. The number of aliphatic carboxylic acids is 1. The number of aliphatic hydroxyl groups is 1. The van der Waals surface area contributed by atoms with Crippen molar-refractivity contribution in [1.29, 1.82) is 0 Å². The lowest BCUT2D eigenvalue weighted by atomic mass is 10.1. The number of carbonyl (C=O) groups is 1. The molecule has 1 atom stereocenters. The highest BCUT2D eigenvalue weighted by molar-refractivity contribution is 5.68. The molecule has 0 saturated heterocycles. The summed E-state index contributed by atoms with van der Waals surface area (Å²) >= 11 is 0. The number of carboxylic acids is 1. The summed E-state index contributed by atoms with van der Waals surface area (Å²) in [4.78, 5) is 10.7. The van der Waals surface area contributed by atoms with Gasteiger partial charge in [0.15, 0.2) is 18.1 Å². The molecule has 6 heteroatoms. The van der Waals surface area contributed by atoms with Gasteiger partial charge in [-0.2, -0.15) is 0 Å². The molecule has 0 radical (unpaired) electrons. The van der Waals surface area contributed by atoms with E-state index in [1.165, 1.54) is 0 Å². The summed E-state index contributed by atoms with van der Waals surface area (Å²) < 4.78 is 10.8. The first-order valence-corrected chi connectivity index (χ1v) is 7.05. The molecular weight excluding hydrogens is 274 g/mol. The van der Waals surface area contributed by atoms with Crippen LogP contribution in [0.5, 0.6) is 11.5 Å². The van der Waals surface area contributed by atoms with Crippen molar-refractivity contribution in [2.45, 2.75) is 32.9 Å². The van der Waals surface area contributed by atoms with Gasteiger partial charge in [-0.15, -0.1) is 0 Å². The highest BCUT2D eigenvalue weighted by atomic mass is 16.5. The molecule has 0 amide bonds. The summed E-state index contributed by atoms with van der Waals surface area (Å²) in [5.41, 5.74) is 0.800. The van der Waals surface area contributed by atoms with Crippen LogP contribution in [-0.2, 0) is 11.3 Å². The Balaban J connectivity index is 2.88. The summed E-state index contributed by atoms with van der Waals surface area (Å²) in [7, 11) is 0. The fourth-order valence-electron chi connectivity index (χ4n) is 1.86. The fourth-order valence-corrected chi connectivity index (χ4v) is 1.86. The Labute approximate surface area is 124 Å². The average Bonchev–Trinajstić information content (AvgIpc) is 2.47. The van der Waals surface area contributed by atoms with Crippen molar-refractivity contribution >= 4 is 5.97 Å². The smallest absolute Gasteiger partial charge is 0.341 e. The number of nitrogens with one attached hydrogen (secondary N) is 1. The average molecular weight is 297 g/mol. The highest BCUT2D eigenvalue weighted by Gasteiger charge is 2.14. The van der Waals surface area contributed by atoms with Gasteiger partial charge < -0.3 is 25.0 Å². The number of ether oxygens (including phenoxy) is 2. The maximum Gasteiger partial charge on any atom is 0.341 e. The molecule has 1 aromatic rings. The van der Waals surface area contributed by atoms with E-state index in [1.807, 2.05) is 26.0 Å². The number of benzene rings is 1. The lowest BCUT2D eigenvalue weighted by Crippen LogP contribution is -2.31. The quantitative estimate of drug-likeness (QED) is 0.605. The maximum absolute atomic E-state index is 10.7. The third-order valence-electron chi connectivity index (χ3n) is 2.99. The van der Waals surface area contributed by atoms with E-state index in [0.29, 0.717) is 24.7 Å². The number of rotatable bonds is 10. The molecule has 0 heterocycles. The number of para-hydroxylation sites is 1. The minimum absolute atomic E-state index is 0.00641. The lowest BCUT2D eigenvalue weighted by Gasteiger charge is -2.18. The first kappa shape index (κ1) is 17.3. The second kappa shape index (κ2) is 9.20. The molecule has 1 aromatic carbocycles. The van der Waals surface area contributed by atoms with Crippen LogP contribution >= 0.6 is 0 Å². The Bertz CT molecular complexity index is 446. The van der Waals surface area contributed by atoms with Crippen LogP contribution in [0, 0.1) is 0 Å². The molecule has 21 heavy (non-hydrogen) atoms. The summed E-state index contributed by atoms with van der Waals surface area (Å²) in [6.45, 7) is 4.39. The SMILES string of the molecule is CCOc1cccc(CN[C@H](CC)CO)c1OCC(=O)O. The van der Waals surface area contributed by atoms with Crippen LogP contribution in [0.25, 0.3) is 0 Å². The van der Waals surface area contributed by atoms with Gasteiger partial charge in [-0.05, 0) is 19.4 Å². The largest absolute Gasteiger partial charge is 0.490 e. The van der Waals surface area contributed by atoms with Crippen molar-refractivity contribution in [1.82, 2.24) is 5.32 Å². The normalized spacial score (nSPS) is 12.0. The third-order valence-corrected chi connectivity index (χ3v) is 2.99. The van der Waals surface area contributed by atoms with Gasteiger partial charge in [0.05, 0.1) is 13.2 Å². The van der Waals surface area contributed by atoms with Crippen LogP contribution in [0.15, 0.2) is 18.2 Å². The lowest BCUT2D eigenvalue weighted by molar-refractivity contribution is -0.139. The third kappa shape index (κ3) is 5.61. The molecule has 0 aliphatic carbocycles. The minimum Gasteiger partial charge on any atom is -0.490 e. The summed E-state index contributed by atoms with van der Waals surface area (Å²) in [5, 5.41) is 21.2. The fraction of sp³-hybridized carbons (Fsp3) is 0.533. The maximum atomic E-state index is 10.7. The standard InChI is InChI=1S/C15H23NO5/c1-3-12(9-17)16-8-11-6-5-7-13(20-4-2)15(11)21-10-14(18)19/h5-7,12,16-17H,3-4,8-10H2,1-2H3,(H,18,19)/t12-/m1/s1. The number of aliphatic hydroxyl groups excluding tert-OH is 1. The Hall–Kier alpha value is -1.79. The Morgan fingerprint density at radius 3 is 2.67 bits per heavy atom. The Morgan fingerprint density at radius 1 is 1.33 bits per heavy atom. The van der Waals surface area contributed by atoms with Crippen molar-refractivity contribution in [2.75, 3.05) is 19.8 Å². The van der Waals surface area contributed by atoms with Crippen LogP contribution < -0.4 is 14.8 Å². The minimum atomic E-state index is -1.04. The molecular formula is C15H23NO5. The van der Waals surface area contributed by atoms with Crippen LogP contribution in [0.2, 0.25) is 0 Å². The molecule has 3 N–H and O–H groups in total. The van der Waals surface area contributed by atoms with Crippen LogP contribution in [0.4, 0.5) is 0 Å². The summed E-state index contributed by atoms with van der Waals surface area (Å²) in [6.07, 6.45) is 0.799. The molecule has 0 fully saturated rings. The molecule has 0 bridgehead atoms.